The zero-order valence-electron chi connectivity index (χ0n) is 14.2. The Morgan fingerprint density at radius 2 is 1.81 bits per heavy atom. The first kappa shape index (κ1) is 16.9. The van der Waals surface area contributed by atoms with E-state index in [0.29, 0.717) is 22.8 Å². The first-order valence-electron chi connectivity index (χ1n) is 8.32. The van der Waals surface area contributed by atoms with Crippen molar-refractivity contribution < 1.29 is 4.79 Å². The van der Waals surface area contributed by atoms with Gasteiger partial charge in [-0.1, -0.05) is 29.5 Å². The number of para-hydroxylation sites is 1. The lowest BCUT2D eigenvalue weighted by Crippen LogP contribution is -2.30. The summed E-state index contributed by atoms with van der Waals surface area (Å²) in [6, 6.07) is 22.1. The number of carbonyl (C=O) groups is 1. The monoisotopic (exact) mass is 370 g/mol. The molecule has 130 valence electrons. The summed E-state index contributed by atoms with van der Waals surface area (Å²) in [5.41, 5.74) is 2.65. The van der Waals surface area contributed by atoms with E-state index in [4.69, 9.17) is 5.26 Å². The molecule has 0 aliphatic carbocycles. The number of rotatable bonds is 4. The molecule has 0 N–H and O–H groups in total. The van der Waals surface area contributed by atoms with E-state index in [1.54, 1.807) is 35.4 Å². The molecule has 2 heterocycles. The van der Waals surface area contributed by atoms with Crippen LogP contribution in [0.25, 0.3) is 10.2 Å². The van der Waals surface area contributed by atoms with Crippen molar-refractivity contribution in [2.24, 2.45) is 0 Å². The number of nitrogens with zero attached hydrogens (tertiary/aromatic N) is 4. The van der Waals surface area contributed by atoms with E-state index in [1.165, 1.54) is 11.3 Å². The molecular formula is C21H14N4OS. The number of hydrogen-bond acceptors (Lipinski definition) is 5. The number of nitriles is 1. The van der Waals surface area contributed by atoms with Crippen molar-refractivity contribution in [3.8, 4) is 6.07 Å². The highest BCUT2D eigenvalue weighted by molar-refractivity contribution is 7.22. The van der Waals surface area contributed by atoms with Crippen molar-refractivity contribution in [2.45, 2.75) is 6.54 Å². The van der Waals surface area contributed by atoms with Crippen LogP contribution < -0.4 is 4.90 Å². The van der Waals surface area contributed by atoms with Gasteiger partial charge in [-0.25, -0.2) is 4.98 Å². The number of amides is 1. The standard InChI is InChI=1S/C21H14N4OS/c22-13-15-8-10-16(11-9-15)20(26)25(14-17-5-3-4-12-23-17)21-24-18-6-1-2-7-19(18)27-21/h1-12H,14H2. The molecule has 0 bridgehead atoms. The van der Waals surface area contributed by atoms with Gasteiger partial charge >= 0.3 is 0 Å². The van der Waals surface area contributed by atoms with E-state index in [0.717, 1.165) is 15.9 Å². The average Bonchev–Trinajstić information content (AvgIpc) is 3.16. The summed E-state index contributed by atoms with van der Waals surface area (Å²) in [7, 11) is 0. The number of fused-ring (bicyclic) bond motifs is 1. The number of carbonyl (C=O) groups excluding carboxylic acids is 1. The maximum atomic E-state index is 13.2. The lowest BCUT2D eigenvalue weighted by Gasteiger charge is -2.19. The Hall–Kier alpha value is -3.56. The first-order chi connectivity index (χ1) is 13.2. The Morgan fingerprint density at radius 1 is 1.04 bits per heavy atom. The van der Waals surface area contributed by atoms with Gasteiger partial charge in [-0.15, -0.1) is 0 Å². The van der Waals surface area contributed by atoms with Gasteiger partial charge in [0.05, 0.1) is 34.1 Å². The smallest absolute Gasteiger partial charge is 0.260 e. The largest absolute Gasteiger partial charge is 0.278 e. The fourth-order valence-corrected chi connectivity index (χ4v) is 3.66. The van der Waals surface area contributed by atoms with Crippen LogP contribution in [0.15, 0.2) is 72.9 Å². The summed E-state index contributed by atoms with van der Waals surface area (Å²) < 4.78 is 1.02. The first-order valence-corrected chi connectivity index (χ1v) is 9.14. The second-order valence-electron chi connectivity index (χ2n) is 5.87. The number of benzene rings is 2. The van der Waals surface area contributed by atoms with Crippen LogP contribution in [-0.4, -0.2) is 15.9 Å². The molecule has 4 rings (SSSR count). The molecule has 1 amide bonds. The molecule has 0 saturated heterocycles. The topological polar surface area (TPSA) is 69.9 Å². The predicted molar refractivity (Wildman–Crippen MR) is 106 cm³/mol. The predicted octanol–water partition coefficient (Wildman–Crippen LogP) is 4.41. The van der Waals surface area contributed by atoms with Crippen LogP contribution in [0.4, 0.5) is 5.13 Å². The van der Waals surface area contributed by atoms with Crippen LogP contribution in [-0.2, 0) is 6.54 Å². The van der Waals surface area contributed by atoms with E-state index in [9.17, 15) is 4.79 Å². The van der Waals surface area contributed by atoms with E-state index in [-0.39, 0.29) is 5.91 Å². The number of anilines is 1. The van der Waals surface area contributed by atoms with Crippen LogP contribution in [0.3, 0.4) is 0 Å². The molecule has 2 aromatic carbocycles. The number of thiazole rings is 1. The van der Waals surface area contributed by atoms with Crippen molar-refractivity contribution in [1.29, 1.82) is 5.26 Å². The second kappa shape index (κ2) is 7.36. The summed E-state index contributed by atoms with van der Waals surface area (Å²) in [6.07, 6.45) is 1.71. The average molecular weight is 370 g/mol. The highest BCUT2D eigenvalue weighted by Crippen LogP contribution is 2.30. The summed E-state index contributed by atoms with van der Waals surface area (Å²) >= 11 is 1.47. The second-order valence-corrected chi connectivity index (χ2v) is 6.87. The van der Waals surface area contributed by atoms with Gasteiger partial charge in [0.1, 0.15) is 0 Å². The third kappa shape index (κ3) is 3.54. The van der Waals surface area contributed by atoms with Gasteiger partial charge in [0, 0.05) is 11.8 Å². The molecule has 0 spiro atoms. The molecular weight excluding hydrogens is 356 g/mol. The van der Waals surface area contributed by atoms with Crippen LogP contribution in [0.5, 0.6) is 0 Å². The Morgan fingerprint density at radius 3 is 2.52 bits per heavy atom. The maximum absolute atomic E-state index is 13.2. The summed E-state index contributed by atoms with van der Waals surface area (Å²) in [5, 5.41) is 9.59. The Kier molecular flexibility index (Phi) is 4.60. The summed E-state index contributed by atoms with van der Waals surface area (Å²) in [6.45, 7) is 0.319. The SMILES string of the molecule is N#Cc1ccc(C(=O)N(Cc2ccccn2)c2nc3ccccc3s2)cc1. The molecule has 5 nitrogen and oxygen atoms in total. The molecule has 0 atom stereocenters. The number of aromatic nitrogens is 2. The molecule has 27 heavy (non-hydrogen) atoms. The minimum absolute atomic E-state index is 0.177. The van der Waals surface area contributed by atoms with Crippen molar-refractivity contribution in [3.63, 3.8) is 0 Å². The van der Waals surface area contributed by atoms with Gasteiger partial charge < -0.3 is 0 Å². The normalized spacial score (nSPS) is 10.5. The van der Waals surface area contributed by atoms with E-state index in [2.05, 4.69) is 16.0 Å². The van der Waals surface area contributed by atoms with Crippen molar-refractivity contribution >= 4 is 32.6 Å². The minimum Gasteiger partial charge on any atom is -0.278 e. The number of pyridine rings is 1. The zero-order valence-corrected chi connectivity index (χ0v) is 15.1. The van der Waals surface area contributed by atoms with Gasteiger partial charge in [0.15, 0.2) is 5.13 Å². The molecule has 6 heteroatoms. The van der Waals surface area contributed by atoms with Crippen LogP contribution in [0.2, 0.25) is 0 Å². The highest BCUT2D eigenvalue weighted by atomic mass is 32.1. The van der Waals surface area contributed by atoms with Crippen LogP contribution in [0.1, 0.15) is 21.6 Å². The molecule has 2 aromatic heterocycles. The van der Waals surface area contributed by atoms with E-state index in [1.807, 2.05) is 42.5 Å². The van der Waals surface area contributed by atoms with Gasteiger partial charge in [-0.3, -0.25) is 14.7 Å². The van der Waals surface area contributed by atoms with Gasteiger partial charge in [0.2, 0.25) is 0 Å². The molecule has 0 saturated carbocycles. The van der Waals surface area contributed by atoms with E-state index < -0.39 is 0 Å². The molecule has 0 radical (unpaired) electrons. The quantitative estimate of drug-likeness (QED) is 0.533. The van der Waals surface area contributed by atoms with Crippen molar-refractivity contribution in [3.05, 3.63) is 89.7 Å². The number of hydrogen-bond donors (Lipinski definition) is 0. The molecule has 0 aliphatic rings. The van der Waals surface area contributed by atoms with Gasteiger partial charge in [-0.2, -0.15) is 5.26 Å². The fraction of sp³-hybridized carbons (Fsp3) is 0.0476. The van der Waals surface area contributed by atoms with Crippen LogP contribution in [0, 0.1) is 11.3 Å². The lowest BCUT2D eigenvalue weighted by molar-refractivity contribution is 0.0985. The zero-order chi connectivity index (χ0) is 18.6. The molecule has 0 fully saturated rings. The minimum atomic E-state index is -0.177. The fourth-order valence-electron chi connectivity index (χ4n) is 2.70. The summed E-state index contributed by atoms with van der Waals surface area (Å²) in [5.74, 6) is -0.177. The molecule has 0 aliphatic heterocycles. The van der Waals surface area contributed by atoms with Gasteiger partial charge in [0.25, 0.3) is 5.91 Å². The lowest BCUT2D eigenvalue weighted by atomic mass is 10.1. The molecule has 0 unspecified atom stereocenters. The Labute approximate surface area is 160 Å². The summed E-state index contributed by atoms with van der Waals surface area (Å²) in [4.78, 5) is 23.8. The van der Waals surface area contributed by atoms with Crippen LogP contribution >= 0.6 is 11.3 Å². The van der Waals surface area contributed by atoms with Crippen molar-refractivity contribution in [2.75, 3.05) is 4.90 Å². The van der Waals surface area contributed by atoms with Crippen molar-refractivity contribution in [1.82, 2.24) is 9.97 Å². The third-order valence-corrected chi connectivity index (χ3v) is 5.13. The highest BCUT2D eigenvalue weighted by Gasteiger charge is 2.22. The third-order valence-electron chi connectivity index (χ3n) is 4.07. The van der Waals surface area contributed by atoms with E-state index >= 15 is 0 Å². The maximum Gasteiger partial charge on any atom is 0.260 e. The Balaban J connectivity index is 1.74. The Bertz CT molecular complexity index is 1100. The molecule has 4 aromatic rings. The van der Waals surface area contributed by atoms with Gasteiger partial charge in [-0.05, 0) is 48.5 Å².